The van der Waals surface area contributed by atoms with Gasteiger partial charge in [0.25, 0.3) is 0 Å². The maximum absolute atomic E-state index is 11.6. The molecule has 1 N–H and O–H groups in total. The zero-order chi connectivity index (χ0) is 20.1. The Morgan fingerprint density at radius 2 is 1.93 bits per heavy atom. The van der Waals surface area contributed by atoms with Crippen LogP contribution < -0.4 is 10.2 Å². The first-order valence-electron chi connectivity index (χ1n) is 9.11. The number of sulfone groups is 1. The third-order valence-electron chi connectivity index (χ3n) is 4.90. The third-order valence-corrected chi connectivity index (χ3v) is 6.41. The van der Waals surface area contributed by atoms with Gasteiger partial charge in [0.1, 0.15) is 23.0 Å². The summed E-state index contributed by atoms with van der Waals surface area (Å²) in [5, 5.41) is 2.86. The van der Waals surface area contributed by atoms with Gasteiger partial charge in [-0.2, -0.15) is 4.98 Å². The minimum Gasteiger partial charge on any atom is -0.338 e. The van der Waals surface area contributed by atoms with Gasteiger partial charge in [-0.25, -0.2) is 23.4 Å². The highest BCUT2D eigenvalue weighted by Crippen LogP contribution is 2.25. The van der Waals surface area contributed by atoms with Gasteiger partial charge in [0.2, 0.25) is 5.95 Å². The van der Waals surface area contributed by atoms with Crippen molar-refractivity contribution in [3.63, 3.8) is 0 Å². The van der Waals surface area contributed by atoms with Crippen LogP contribution in [0.3, 0.4) is 0 Å². The van der Waals surface area contributed by atoms with E-state index < -0.39 is 9.84 Å². The molecule has 4 heterocycles. The molecule has 0 amide bonds. The van der Waals surface area contributed by atoms with Gasteiger partial charge in [0.05, 0.1) is 17.0 Å². The topological polar surface area (TPSA) is 106 Å². The molecule has 28 heavy (non-hydrogen) atoms. The fraction of sp³-hybridized carbons (Fsp3) is 0.444. The number of pyridine rings is 1. The van der Waals surface area contributed by atoms with E-state index in [1.54, 1.807) is 18.5 Å². The van der Waals surface area contributed by atoms with E-state index in [-0.39, 0.29) is 5.25 Å². The molecule has 0 saturated carbocycles. The maximum atomic E-state index is 11.6. The summed E-state index contributed by atoms with van der Waals surface area (Å²) in [6, 6.07) is 4.01. The largest absolute Gasteiger partial charge is 0.338 e. The molecule has 0 aromatic carbocycles. The van der Waals surface area contributed by atoms with Gasteiger partial charge in [0.15, 0.2) is 9.84 Å². The monoisotopic (exact) mass is 401 g/mol. The highest BCUT2D eigenvalue weighted by Gasteiger charge is 2.35. The van der Waals surface area contributed by atoms with Crippen LogP contribution in [0.2, 0.25) is 0 Å². The molecule has 0 spiro atoms. The van der Waals surface area contributed by atoms with Crippen LogP contribution >= 0.6 is 0 Å². The van der Waals surface area contributed by atoms with Crippen LogP contribution in [0.15, 0.2) is 24.5 Å². The minimum atomic E-state index is -3.03. The van der Waals surface area contributed by atoms with Crippen LogP contribution in [0.4, 0.5) is 17.6 Å². The fourth-order valence-electron chi connectivity index (χ4n) is 3.41. The van der Waals surface area contributed by atoms with E-state index in [0.29, 0.717) is 36.7 Å². The fourth-order valence-corrected chi connectivity index (χ4v) is 4.31. The predicted molar refractivity (Wildman–Crippen MR) is 109 cm³/mol. The lowest BCUT2D eigenvalue weighted by Crippen LogP contribution is -2.55. The third kappa shape index (κ3) is 3.39. The average Bonchev–Trinajstić information content (AvgIpc) is 2.87. The first-order chi connectivity index (χ1) is 13.2. The van der Waals surface area contributed by atoms with Gasteiger partial charge in [-0.1, -0.05) is 0 Å². The lowest BCUT2D eigenvalue weighted by molar-refractivity contribution is 0.541. The molecule has 4 rings (SSSR count). The van der Waals surface area contributed by atoms with E-state index in [9.17, 15) is 8.42 Å². The molecule has 1 fully saturated rings. The second kappa shape index (κ2) is 6.69. The van der Waals surface area contributed by atoms with E-state index in [4.69, 9.17) is 0 Å². The van der Waals surface area contributed by atoms with E-state index in [2.05, 4.69) is 43.7 Å². The number of imidazole rings is 1. The summed E-state index contributed by atoms with van der Waals surface area (Å²) in [7, 11) is -3.03. The zero-order valence-electron chi connectivity index (χ0n) is 16.3. The highest BCUT2D eigenvalue weighted by atomic mass is 32.2. The second-order valence-corrected chi connectivity index (χ2v) is 9.73. The second-order valence-electron chi connectivity index (χ2n) is 7.40. The number of hydrogen-bond donors (Lipinski definition) is 1. The summed E-state index contributed by atoms with van der Waals surface area (Å²) < 4.78 is 25.3. The minimum absolute atomic E-state index is 0.292. The molecule has 1 aliphatic heterocycles. The van der Waals surface area contributed by atoms with Crippen LogP contribution in [0.5, 0.6) is 0 Å². The van der Waals surface area contributed by atoms with Crippen LogP contribution in [0.1, 0.15) is 25.7 Å². The van der Waals surface area contributed by atoms with Crippen molar-refractivity contribution < 1.29 is 8.42 Å². The number of aryl methyl sites for hydroxylation is 1. The number of nitrogens with zero attached hydrogens (tertiary/aromatic N) is 6. The van der Waals surface area contributed by atoms with E-state index in [1.165, 1.54) is 6.26 Å². The van der Waals surface area contributed by atoms with Gasteiger partial charge < -0.3 is 14.8 Å². The summed E-state index contributed by atoms with van der Waals surface area (Å²) >= 11 is 0. The average molecular weight is 401 g/mol. The van der Waals surface area contributed by atoms with Crippen LogP contribution in [0, 0.1) is 6.92 Å². The number of hydrogen-bond acceptors (Lipinski definition) is 8. The molecule has 3 aromatic rings. The van der Waals surface area contributed by atoms with E-state index in [0.717, 1.165) is 16.9 Å². The summed E-state index contributed by atoms with van der Waals surface area (Å²) in [6.45, 7) is 7.06. The van der Waals surface area contributed by atoms with E-state index in [1.807, 2.05) is 17.9 Å². The molecule has 9 nitrogen and oxygen atoms in total. The number of anilines is 3. The molecular weight excluding hydrogens is 378 g/mol. The zero-order valence-corrected chi connectivity index (χ0v) is 17.1. The maximum Gasteiger partial charge on any atom is 0.227 e. The lowest BCUT2D eigenvalue weighted by atomic mass is 10.2. The highest BCUT2D eigenvalue weighted by molar-refractivity contribution is 7.91. The Morgan fingerprint density at radius 1 is 1.18 bits per heavy atom. The number of fused-ring (bicyclic) bond motifs is 1. The van der Waals surface area contributed by atoms with Crippen molar-refractivity contribution in [3.8, 4) is 0 Å². The van der Waals surface area contributed by atoms with Crippen LogP contribution in [-0.2, 0) is 9.84 Å². The molecule has 1 aliphatic rings. The summed E-state index contributed by atoms with van der Waals surface area (Å²) in [5.41, 5.74) is 1.87. The van der Waals surface area contributed by atoms with Crippen molar-refractivity contribution in [2.75, 3.05) is 29.6 Å². The summed E-state index contributed by atoms with van der Waals surface area (Å²) in [4.78, 5) is 19.6. The summed E-state index contributed by atoms with van der Waals surface area (Å²) in [5.74, 6) is 2.73. The number of aromatic nitrogens is 5. The van der Waals surface area contributed by atoms with Gasteiger partial charge in [-0.05, 0) is 26.8 Å². The quantitative estimate of drug-likeness (QED) is 0.693. The normalized spacial score (nSPS) is 15.2. The Morgan fingerprint density at radius 3 is 2.61 bits per heavy atom. The molecule has 0 radical (unpaired) electrons. The Balaban J connectivity index is 1.56. The first-order valence-corrected chi connectivity index (χ1v) is 11.1. The van der Waals surface area contributed by atoms with Crippen molar-refractivity contribution in [1.29, 1.82) is 0 Å². The van der Waals surface area contributed by atoms with Crippen LogP contribution in [0.25, 0.3) is 11.0 Å². The number of nitrogens with one attached hydrogen (secondary N) is 1. The molecule has 10 heteroatoms. The van der Waals surface area contributed by atoms with Gasteiger partial charge in [0, 0.05) is 37.7 Å². The molecule has 0 atom stereocenters. The standard InChI is InChI=1S/C18H23N7O2S/c1-11(2)25-12(3)21-14-8-20-17(7-15(14)25)22-16-5-6-19-18(23-16)24-9-13(10-24)28(4,26)27/h5-8,11,13H,9-10H2,1-4H3,(H,19,20,22,23). The molecule has 1 saturated heterocycles. The van der Waals surface area contributed by atoms with Gasteiger partial charge in [-0.15, -0.1) is 0 Å². The first kappa shape index (κ1) is 18.6. The molecule has 0 unspecified atom stereocenters. The predicted octanol–water partition coefficient (Wildman–Crippen LogP) is 2.09. The van der Waals surface area contributed by atoms with Crippen molar-refractivity contribution in [3.05, 3.63) is 30.4 Å². The molecule has 0 aliphatic carbocycles. The molecule has 3 aromatic heterocycles. The number of rotatable bonds is 5. The molecule has 0 bridgehead atoms. The summed E-state index contributed by atoms with van der Waals surface area (Å²) in [6.07, 6.45) is 4.66. The lowest BCUT2D eigenvalue weighted by Gasteiger charge is -2.37. The Bertz CT molecular complexity index is 1130. The van der Waals surface area contributed by atoms with E-state index >= 15 is 0 Å². The molecule has 148 valence electrons. The molecular formula is C18H23N7O2S. The Hall–Kier alpha value is -2.75. The van der Waals surface area contributed by atoms with Crippen molar-refractivity contribution in [1.82, 2.24) is 24.5 Å². The Labute approximate surface area is 163 Å². The SMILES string of the molecule is Cc1nc2cnc(Nc3ccnc(N4CC(S(C)(=O)=O)C4)n3)cc2n1C(C)C. The smallest absolute Gasteiger partial charge is 0.227 e. The van der Waals surface area contributed by atoms with Crippen molar-refractivity contribution in [2.45, 2.75) is 32.1 Å². The van der Waals surface area contributed by atoms with Crippen LogP contribution in [-0.4, -0.2) is 57.5 Å². The Kier molecular flexibility index (Phi) is 4.45. The van der Waals surface area contributed by atoms with Crippen molar-refractivity contribution in [2.24, 2.45) is 0 Å². The van der Waals surface area contributed by atoms with Crippen molar-refractivity contribution >= 4 is 38.5 Å². The van der Waals surface area contributed by atoms with Gasteiger partial charge >= 0.3 is 0 Å². The van der Waals surface area contributed by atoms with Gasteiger partial charge in [-0.3, -0.25) is 0 Å².